The zero-order valence-electron chi connectivity index (χ0n) is 29.4. The molecule has 0 aliphatic heterocycles. The predicted octanol–water partition coefficient (Wildman–Crippen LogP) is 10.0. The number of anilines is 4. The molecule has 0 fully saturated rings. The molecule has 2 aliphatic rings. The Kier molecular flexibility index (Phi) is 15.4. The Morgan fingerprint density at radius 3 is 1.43 bits per heavy atom. The van der Waals surface area contributed by atoms with Gasteiger partial charge in [-0.2, -0.15) is 0 Å². The summed E-state index contributed by atoms with van der Waals surface area (Å²) in [7, 11) is -2.18. The van der Waals surface area contributed by atoms with Gasteiger partial charge < -0.3 is 16.4 Å². The summed E-state index contributed by atoms with van der Waals surface area (Å²) >= 11 is 12.5. The van der Waals surface area contributed by atoms with Gasteiger partial charge in [0.25, 0.3) is 19.1 Å². The molecule has 0 heterocycles. The SMILES string of the molecule is C.CC1=C(Nc2cccc(N)c2Cl)CCC1=O.CC1=C(Nc2cccc(NS(=O)(=O)c3ccccc3C)c2Cl)CCC1=O.Cc1ccccc1S(=O)(=O)Cl. The number of sulfonamides is 1. The summed E-state index contributed by atoms with van der Waals surface area (Å²) in [6, 6.07) is 23.8. The van der Waals surface area contributed by atoms with Crippen LogP contribution < -0.4 is 21.1 Å². The molecule has 6 rings (SSSR count). The van der Waals surface area contributed by atoms with Gasteiger partial charge in [0, 0.05) is 46.1 Å². The molecule has 288 valence electrons. The Balaban J connectivity index is 0.000000238. The van der Waals surface area contributed by atoms with E-state index in [1.807, 2.05) is 19.1 Å². The number of allylic oxidation sites excluding steroid dienone is 4. The molecule has 4 aromatic rings. The molecule has 54 heavy (non-hydrogen) atoms. The molecule has 0 radical (unpaired) electrons. The fourth-order valence-corrected chi connectivity index (χ4v) is 8.42. The second-order valence-electron chi connectivity index (χ2n) is 12.3. The molecule has 5 N–H and O–H groups in total. The van der Waals surface area contributed by atoms with Gasteiger partial charge >= 0.3 is 0 Å². The average molecular weight is 834 g/mol. The number of ketones is 2. The van der Waals surface area contributed by atoms with Crippen molar-refractivity contribution in [2.45, 2.75) is 70.6 Å². The van der Waals surface area contributed by atoms with Crippen LogP contribution in [0.5, 0.6) is 0 Å². The number of hydrogen-bond donors (Lipinski definition) is 4. The number of carbonyl (C=O) groups is 2. The van der Waals surface area contributed by atoms with E-state index >= 15 is 0 Å². The highest BCUT2D eigenvalue weighted by atomic mass is 35.7. The summed E-state index contributed by atoms with van der Waals surface area (Å²) in [5, 5.41) is 7.09. The van der Waals surface area contributed by atoms with Crippen molar-refractivity contribution in [2.75, 3.05) is 21.1 Å². The van der Waals surface area contributed by atoms with Gasteiger partial charge in [0.1, 0.15) is 0 Å². The molecular formula is C39H43Cl3N4O6S2. The fourth-order valence-electron chi connectivity index (χ4n) is 5.44. The maximum Gasteiger partial charge on any atom is 0.262 e. The lowest BCUT2D eigenvalue weighted by Crippen LogP contribution is -2.14. The van der Waals surface area contributed by atoms with Crippen LogP contribution in [0.15, 0.2) is 117 Å². The number of carbonyl (C=O) groups excluding carboxylic acids is 2. The predicted molar refractivity (Wildman–Crippen MR) is 221 cm³/mol. The van der Waals surface area contributed by atoms with E-state index in [1.165, 1.54) is 6.07 Å². The average Bonchev–Trinajstić information content (AvgIpc) is 3.59. The van der Waals surface area contributed by atoms with Crippen LogP contribution in [0.1, 0.15) is 58.1 Å². The molecule has 0 spiro atoms. The number of hydrogen-bond acceptors (Lipinski definition) is 9. The van der Waals surface area contributed by atoms with E-state index in [-0.39, 0.29) is 39.5 Å². The topological polar surface area (TPSA) is 165 Å². The van der Waals surface area contributed by atoms with Crippen LogP contribution in [0, 0.1) is 13.8 Å². The number of nitrogens with two attached hydrogens (primary N) is 1. The minimum atomic E-state index is -3.76. The Hall–Kier alpha value is -4.33. The van der Waals surface area contributed by atoms with Gasteiger partial charge in [0.2, 0.25) is 0 Å². The van der Waals surface area contributed by atoms with E-state index < -0.39 is 19.1 Å². The number of nitrogen functional groups attached to an aromatic ring is 1. The number of Topliss-reactive ketones (excluding diaryl/α,β-unsaturated/α-hetero) is 2. The number of rotatable bonds is 8. The summed E-state index contributed by atoms with van der Waals surface area (Å²) in [5.74, 6) is 0.308. The normalized spacial score (nSPS) is 14.1. The largest absolute Gasteiger partial charge is 0.397 e. The first-order valence-electron chi connectivity index (χ1n) is 16.3. The Morgan fingerprint density at radius 1 is 0.574 bits per heavy atom. The highest BCUT2D eigenvalue weighted by Gasteiger charge is 2.23. The highest BCUT2D eigenvalue weighted by Crippen LogP contribution is 2.35. The van der Waals surface area contributed by atoms with Crippen molar-refractivity contribution in [1.82, 2.24) is 0 Å². The van der Waals surface area contributed by atoms with Crippen LogP contribution in [0.4, 0.5) is 22.7 Å². The van der Waals surface area contributed by atoms with E-state index in [0.717, 1.165) is 29.1 Å². The summed E-state index contributed by atoms with van der Waals surface area (Å²) < 4.78 is 49.5. The summed E-state index contributed by atoms with van der Waals surface area (Å²) in [6.45, 7) is 7.05. The molecule has 0 aromatic heterocycles. The van der Waals surface area contributed by atoms with E-state index in [9.17, 15) is 26.4 Å². The molecule has 15 heteroatoms. The number of benzene rings is 4. The van der Waals surface area contributed by atoms with Gasteiger partial charge in [0.05, 0.1) is 42.6 Å². The van der Waals surface area contributed by atoms with Crippen LogP contribution >= 0.6 is 33.9 Å². The first-order valence-corrected chi connectivity index (χ1v) is 20.9. The van der Waals surface area contributed by atoms with Crippen molar-refractivity contribution in [3.8, 4) is 0 Å². The van der Waals surface area contributed by atoms with Crippen LogP contribution in [0.2, 0.25) is 10.0 Å². The lowest BCUT2D eigenvalue weighted by atomic mass is 10.2. The van der Waals surface area contributed by atoms with Crippen LogP contribution in [-0.4, -0.2) is 28.4 Å². The molecule has 10 nitrogen and oxygen atoms in total. The van der Waals surface area contributed by atoms with Crippen molar-refractivity contribution < 1.29 is 26.4 Å². The molecular weight excluding hydrogens is 791 g/mol. The molecule has 0 unspecified atom stereocenters. The third kappa shape index (κ3) is 11.1. The quantitative estimate of drug-likeness (QED) is 0.0999. The highest BCUT2D eigenvalue weighted by molar-refractivity contribution is 8.13. The van der Waals surface area contributed by atoms with Crippen molar-refractivity contribution in [1.29, 1.82) is 0 Å². The smallest absolute Gasteiger partial charge is 0.262 e. The Labute approximate surface area is 332 Å². The standard InChI is InChI=1S/C19H19ClN2O3S.C12H13ClN2O.C7H7ClO2S.CH4/c1-12-6-3-4-9-18(12)26(24,25)22-16-8-5-7-15(19(16)20)21-14-10-11-17(23)13(14)2;1-7-9(5-6-11(7)16)15-10-4-2-3-8(14)12(10)13;1-6-4-2-3-5-7(6)11(8,9)10;/h3-9,21-22H,10-11H2,1-2H3;2-4,15H,5-6,14H2,1H3;2-5H,1H3;1H4. The molecule has 2 aliphatic carbocycles. The van der Waals surface area contributed by atoms with E-state index in [0.29, 0.717) is 52.4 Å². The minimum absolute atomic E-state index is 0. The van der Waals surface area contributed by atoms with Crippen molar-refractivity contribution in [3.05, 3.63) is 129 Å². The molecule has 4 aromatic carbocycles. The van der Waals surface area contributed by atoms with E-state index in [2.05, 4.69) is 15.4 Å². The molecule has 0 saturated carbocycles. The summed E-state index contributed by atoms with van der Waals surface area (Å²) in [5.41, 5.74) is 12.4. The number of nitrogens with one attached hydrogen (secondary N) is 3. The Morgan fingerprint density at radius 2 is 1.00 bits per heavy atom. The van der Waals surface area contributed by atoms with Gasteiger partial charge in [-0.15, -0.1) is 0 Å². The van der Waals surface area contributed by atoms with Crippen LogP contribution in [-0.2, 0) is 28.7 Å². The summed E-state index contributed by atoms with van der Waals surface area (Å²) in [4.78, 5) is 23.4. The second kappa shape index (κ2) is 18.8. The third-order valence-corrected chi connectivity index (χ3v) is 12.4. The fraction of sp³-hybridized carbons (Fsp3) is 0.231. The van der Waals surface area contributed by atoms with Gasteiger partial charge in [0.15, 0.2) is 11.6 Å². The minimum Gasteiger partial charge on any atom is -0.397 e. The monoisotopic (exact) mass is 832 g/mol. The molecule has 0 amide bonds. The first-order chi connectivity index (χ1) is 24.9. The maximum absolute atomic E-state index is 12.7. The lowest BCUT2D eigenvalue weighted by Gasteiger charge is -2.15. The van der Waals surface area contributed by atoms with Gasteiger partial charge in [-0.1, -0.05) is 79.2 Å². The zero-order chi connectivity index (χ0) is 39.1. The number of halogens is 3. The third-order valence-electron chi connectivity index (χ3n) is 8.53. The van der Waals surface area contributed by atoms with Crippen molar-refractivity contribution in [3.63, 3.8) is 0 Å². The maximum atomic E-state index is 12.7. The molecule has 0 atom stereocenters. The van der Waals surface area contributed by atoms with Gasteiger partial charge in [-0.3, -0.25) is 14.3 Å². The molecule has 0 bridgehead atoms. The van der Waals surface area contributed by atoms with Gasteiger partial charge in [-0.25, -0.2) is 16.8 Å². The van der Waals surface area contributed by atoms with Gasteiger partial charge in [-0.05, 0) is 88.1 Å². The van der Waals surface area contributed by atoms with Crippen LogP contribution in [0.25, 0.3) is 0 Å². The Bertz CT molecular complexity index is 2340. The van der Waals surface area contributed by atoms with E-state index in [1.54, 1.807) is 87.5 Å². The summed E-state index contributed by atoms with van der Waals surface area (Å²) in [6.07, 6.45) is 2.43. The zero-order valence-corrected chi connectivity index (χ0v) is 33.3. The molecule has 0 saturated heterocycles. The lowest BCUT2D eigenvalue weighted by molar-refractivity contribution is -0.115. The van der Waals surface area contributed by atoms with Crippen molar-refractivity contribution in [2.24, 2.45) is 0 Å². The van der Waals surface area contributed by atoms with Crippen molar-refractivity contribution >= 4 is 87.3 Å². The second-order valence-corrected chi connectivity index (χ2v) is 17.2. The van der Waals surface area contributed by atoms with Crippen LogP contribution in [0.3, 0.4) is 0 Å². The van der Waals surface area contributed by atoms with E-state index in [4.69, 9.17) is 39.6 Å². The number of aryl methyl sites for hydroxylation is 2. The first kappa shape index (κ1) is 44.1.